The molecular weight excluding hydrogens is 498 g/mol. The van der Waals surface area contributed by atoms with E-state index in [0.29, 0.717) is 18.1 Å². The zero-order valence-electron chi connectivity index (χ0n) is 22.3. The van der Waals surface area contributed by atoms with Crippen molar-refractivity contribution in [2.24, 2.45) is 0 Å². The first-order valence-electron chi connectivity index (χ1n) is 12.4. The average Bonchev–Trinajstić information content (AvgIpc) is 3.18. The van der Waals surface area contributed by atoms with Gasteiger partial charge >= 0.3 is 6.03 Å². The van der Waals surface area contributed by atoms with Gasteiger partial charge in [-0.05, 0) is 60.4 Å². The summed E-state index contributed by atoms with van der Waals surface area (Å²) >= 11 is 1.63. The standard InChI is InChI=1S/C28H35N5O2SSi/c1-18-8-7-9-21(16-18)33-27(34)32-20-12-10-19(11-13-20)23-22(14-15-35-37(5,6)28(2,3)4)36-26-24(23)25(29)30-17-31-26/h7-13,16-17H,14-15H2,1-6H3,(H2,29,30,31)(H2,32,33,34). The Balaban J connectivity index is 1.55. The number of benzene rings is 2. The number of nitrogens with one attached hydrogen (secondary N) is 2. The highest BCUT2D eigenvalue weighted by Crippen LogP contribution is 2.41. The smallest absolute Gasteiger partial charge is 0.323 e. The number of rotatable bonds is 7. The van der Waals surface area contributed by atoms with Crippen molar-refractivity contribution in [2.75, 3.05) is 23.0 Å². The Kier molecular flexibility index (Phi) is 7.68. The Bertz CT molecular complexity index is 1410. The van der Waals surface area contributed by atoms with Gasteiger partial charge in [0.1, 0.15) is 17.0 Å². The van der Waals surface area contributed by atoms with Crippen molar-refractivity contribution in [3.8, 4) is 11.1 Å². The summed E-state index contributed by atoms with van der Waals surface area (Å²) in [6.45, 7) is 13.9. The summed E-state index contributed by atoms with van der Waals surface area (Å²) < 4.78 is 6.46. The lowest BCUT2D eigenvalue weighted by Gasteiger charge is -2.36. The minimum absolute atomic E-state index is 0.153. The first kappa shape index (κ1) is 26.8. The Labute approximate surface area is 223 Å². The molecule has 2 aromatic carbocycles. The number of hydrogen-bond donors (Lipinski definition) is 3. The Hall–Kier alpha value is -3.27. The van der Waals surface area contributed by atoms with Crippen LogP contribution in [0.1, 0.15) is 31.2 Å². The zero-order chi connectivity index (χ0) is 26.8. The molecule has 0 atom stereocenters. The fraction of sp³-hybridized carbons (Fsp3) is 0.321. The van der Waals surface area contributed by atoms with Crippen molar-refractivity contribution < 1.29 is 9.22 Å². The zero-order valence-corrected chi connectivity index (χ0v) is 24.1. The first-order chi connectivity index (χ1) is 17.4. The Morgan fingerprint density at radius 3 is 2.43 bits per heavy atom. The number of carbonyl (C=O) groups excluding carboxylic acids is 1. The highest BCUT2D eigenvalue weighted by molar-refractivity contribution is 7.19. The van der Waals surface area contributed by atoms with Gasteiger partial charge in [-0.2, -0.15) is 0 Å². The highest BCUT2D eigenvalue weighted by atomic mass is 32.1. The highest BCUT2D eigenvalue weighted by Gasteiger charge is 2.37. The molecule has 4 N–H and O–H groups in total. The minimum Gasteiger partial charge on any atom is -0.416 e. The number of carbonyl (C=O) groups is 1. The lowest BCUT2D eigenvalue weighted by Crippen LogP contribution is -2.41. The summed E-state index contributed by atoms with van der Waals surface area (Å²) in [5.74, 6) is 0.465. The molecule has 0 saturated heterocycles. The van der Waals surface area contributed by atoms with Gasteiger partial charge in [-0.15, -0.1) is 11.3 Å². The average molecular weight is 534 g/mol. The Morgan fingerprint density at radius 2 is 1.76 bits per heavy atom. The van der Waals surface area contributed by atoms with Crippen LogP contribution in [0.2, 0.25) is 18.1 Å². The topological polar surface area (TPSA) is 102 Å². The molecule has 194 valence electrons. The maximum Gasteiger partial charge on any atom is 0.323 e. The summed E-state index contributed by atoms with van der Waals surface area (Å²) in [7, 11) is -1.85. The van der Waals surface area contributed by atoms with Gasteiger partial charge in [-0.3, -0.25) is 0 Å². The molecule has 0 unspecified atom stereocenters. The minimum atomic E-state index is -1.85. The van der Waals surface area contributed by atoms with Crippen LogP contribution in [-0.2, 0) is 10.8 Å². The van der Waals surface area contributed by atoms with Gasteiger partial charge in [0.25, 0.3) is 0 Å². The van der Waals surface area contributed by atoms with E-state index in [1.165, 1.54) is 11.2 Å². The van der Waals surface area contributed by atoms with Crippen molar-refractivity contribution in [3.63, 3.8) is 0 Å². The predicted molar refractivity (Wildman–Crippen MR) is 158 cm³/mol. The van der Waals surface area contributed by atoms with E-state index in [0.717, 1.165) is 39.0 Å². The third kappa shape index (κ3) is 6.18. The van der Waals surface area contributed by atoms with Crippen LogP contribution in [0, 0.1) is 6.92 Å². The molecule has 4 rings (SSSR count). The van der Waals surface area contributed by atoms with Crippen LogP contribution in [0.15, 0.2) is 54.9 Å². The molecule has 2 heterocycles. The largest absolute Gasteiger partial charge is 0.416 e. The number of nitrogens with two attached hydrogens (primary N) is 1. The molecule has 2 amide bonds. The number of thiophene rings is 1. The molecule has 0 fully saturated rings. The number of aromatic nitrogens is 2. The van der Waals surface area contributed by atoms with Crippen LogP contribution >= 0.6 is 11.3 Å². The molecule has 37 heavy (non-hydrogen) atoms. The number of fused-ring (bicyclic) bond motifs is 1. The van der Waals surface area contributed by atoms with E-state index in [4.69, 9.17) is 10.2 Å². The fourth-order valence-electron chi connectivity index (χ4n) is 3.83. The van der Waals surface area contributed by atoms with Gasteiger partial charge in [0.05, 0.1) is 5.39 Å². The summed E-state index contributed by atoms with van der Waals surface area (Å²) in [5.41, 5.74) is 10.9. The number of amides is 2. The van der Waals surface area contributed by atoms with Crippen molar-refractivity contribution in [2.45, 2.75) is 52.2 Å². The lowest BCUT2D eigenvalue weighted by molar-refractivity contribution is 0.262. The van der Waals surface area contributed by atoms with Crippen molar-refractivity contribution in [3.05, 3.63) is 65.3 Å². The fourth-order valence-corrected chi connectivity index (χ4v) is 6.03. The summed E-state index contributed by atoms with van der Waals surface area (Å²) in [6.07, 6.45) is 2.27. The van der Waals surface area contributed by atoms with Gasteiger partial charge in [0.2, 0.25) is 0 Å². The maximum absolute atomic E-state index is 12.5. The Morgan fingerprint density at radius 1 is 1.05 bits per heavy atom. The summed E-state index contributed by atoms with van der Waals surface area (Å²) in [5, 5.41) is 6.79. The molecule has 2 aromatic heterocycles. The number of nitrogen functional groups attached to an aromatic ring is 1. The van der Waals surface area contributed by atoms with Crippen LogP contribution in [-0.4, -0.2) is 30.9 Å². The molecule has 4 aromatic rings. The van der Waals surface area contributed by atoms with Crippen LogP contribution in [0.4, 0.5) is 22.0 Å². The van der Waals surface area contributed by atoms with E-state index in [2.05, 4.69) is 54.5 Å². The second-order valence-corrected chi connectivity index (χ2v) is 16.6. The van der Waals surface area contributed by atoms with Crippen LogP contribution in [0.3, 0.4) is 0 Å². The summed E-state index contributed by atoms with van der Waals surface area (Å²) in [4.78, 5) is 23.2. The number of nitrogens with zero attached hydrogens (tertiary/aromatic N) is 2. The maximum atomic E-state index is 12.5. The molecule has 0 saturated carbocycles. The summed E-state index contributed by atoms with van der Waals surface area (Å²) in [6, 6.07) is 15.2. The van der Waals surface area contributed by atoms with Crippen LogP contribution < -0.4 is 16.4 Å². The molecule has 0 spiro atoms. The molecule has 0 aliphatic rings. The van der Waals surface area contributed by atoms with Gasteiger partial charge < -0.3 is 20.8 Å². The lowest BCUT2D eigenvalue weighted by atomic mass is 10.0. The van der Waals surface area contributed by atoms with Crippen LogP contribution in [0.5, 0.6) is 0 Å². The molecule has 0 bridgehead atoms. The molecule has 0 aliphatic carbocycles. The third-order valence-electron chi connectivity index (χ3n) is 6.90. The molecule has 9 heteroatoms. The van der Waals surface area contributed by atoms with Crippen LogP contribution in [0.25, 0.3) is 21.3 Å². The normalized spacial score (nSPS) is 12.1. The van der Waals surface area contributed by atoms with E-state index in [1.54, 1.807) is 11.3 Å². The van der Waals surface area contributed by atoms with E-state index >= 15 is 0 Å². The number of aryl methyl sites for hydroxylation is 1. The monoisotopic (exact) mass is 533 g/mol. The first-order valence-corrected chi connectivity index (χ1v) is 16.1. The quantitative estimate of drug-likeness (QED) is 0.214. The molecule has 0 radical (unpaired) electrons. The molecule has 7 nitrogen and oxygen atoms in total. The molecule has 0 aliphatic heterocycles. The number of urea groups is 1. The van der Waals surface area contributed by atoms with Crippen molar-refractivity contribution in [1.29, 1.82) is 0 Å². The van der Waals surface area contributed by atoms with E-state index in [-0.39, 0.29) is 11.1 Å². The second kappa shape index (κ2) is 10.6. The van der Waals surface area contributed by atoms with E-state index in [9.17, 15) is 4.79 Å². The third-order valence-corrected chi connectivity index (χ3v) is 12.6. The predicted octanol–water partition coefficient (Wildman–Crippen LogP) is 7.46. The second-order valence-electron chi connectivity index (χ2n) is 10.7. The van der Waals surface area contributed by atoms with E-state index < -0.39 is 8.32 Å². The van der Waals surface area contributed by atoms with Gasteiger partial charge in [-0.1, -0.05) is 45.0 Å². The van der Waals surface area contributed by atoms with Crippen molar-refractivity contribution in [1.82, 2.24) is 9.97 Å². The van der Waals surface area contributed by atoms with Gasteiger partial charge in [-0.25, -0.2) is 14.8 Å². The van der Waals surface area contributed by atoms with Gasteiger partial charge in [0.15, 0.2) is 8.32 Å². The SMILES string of the molecule is Cc1cccc(NC(=O)Nc2ccc(-c3c(CCO[Si](C)(C)C(C)(C)C)sc4ncnc(N)c34)cc2)c1. The van der Waals surface area contributed by atoms with Crippen molar-refractivity contribution >= 4 is 53.1 Å². The number of hydrogen-bond acceptors (Lipinski definition) is 6. The van der Waals surface area contributed by atoms with E-state index in [1.807, 2.05) is 55.5 Å². The number of anilines is 3. The molecular formula is C28H35N5O2SSi. The van der Waals surface area contributed by atoms with Gasteiger partial charge in [0, 0.05) is 34.8 Å².